The summed E-state index contributed by atoms with van der Waals surface area (Å²) in [6.45, 7) is 3.95. The van der Waals surface area contributed by atoms with Crippen molar-refractivity contribution in [2.24, 2.45) is 0 Å². The van der Waals surface area contributed by atoms with E-state index in [9.17, 15) is 0 Å². The Hall–Kier alpha value is -1.56. The second-order valence-corrected chi connectivity index (χ2v) is 3.92. The molecule has 1 aromatic rings. The third-order valence-electron chi connectivity index (χ3n) is 2.45. The zero-order valence-corrected chi connectivity index (χ0v) is 11.1. The van der Waals surface area contributed by atoms with Crippen molar-refractivity contribution in [3.05, 3.63) is 6.33 Å². The maximum Gasteiger partial charge on any atom is 0.242 e. The minimum absolute atomic E-state index is 0.403. The molecule has 0 radical (unpaired) electrons. The van der Waals surface area contributed by atoms with Crippen molar-refractivity contribution in [3.63, 3.8) is 0 Å². The minimum atomic E-state index is 0.403. The molecule has 0 amide bonds. The molecule has 0 bridgehead atoms. The number of nitrogens with zero attached hydrogens (tertiary/aromatic N) is 2. The number of hydrogen-bond acceptors (Lipinski definition) is 6. The fraction of sp³-hybridized carbons (Fsp3) is 0.667. The highest BCUT2D eigenvalue weighted by molar-refractivity contribution is 5.66. The third kappa shape index (κ3) is 4.75. The van der Waals surface area contributed by atoms with Crippen LogP contribution >= 0.6 is 0 Å². The fourth-order valence-corrected chi connectivity index (χ4v) is 1.44. The van der Waals surface area contributed by atoms with E-state index in [1.807, 2.05) is 0 Å². The van der Waals surface area contributed by atoms with Gasteiger partial charge in [-0.3, -0.25) is 0 Å². The summed E-state index contributed by atoms with van der Waals surface area (Å²) in [6, 6.07) is 0. The van der Waals surface area contributed by atoms with Gasteiger partial charge in [-0.25, -0.2) is 4.98 Å². The summed E-state index contributed by atoms with van der Waals surface area (Å²) in [4.78, 5) is 8.11. The summed E-state index contributed by atoms with van der Waals surface area (Å²) in [7, 11) is 1.62. The van der Waals surface area contributed by atoms with Crippen LogP contribution < -0.4 is 15.8 Å². The lowest BCUT2D eigenvalue weighted by Gasteiger charge is -2.11. The third-order valence-corrected chi connectivity index (χ3v) is 2.45. The van der Waals surface area contributed by atoms with E-state index in [4.69, 9.17) is 15.2 Å². The number of nitrogens with two attached hydrogens (primary N) is 1. The molecule has 0 aliphatic carbocycles. The second kappa shape index (κ2) is 8.52. The van der Waals surface area contributed by atoms with Crippen molar-refractivity contribution in [2.75, 3.05) is 37.9 Å². The van der Waals surface area contributed by atoms with Crippen molar-refractivity contribution in [1.29, 1.82) is 0 Å². The van der Waals surface area contributed by atoms with E-state index in [0.717, 1.165) is 13.0 Å². The molecule has 0 spiro atoms. The largest absolute Gasteiger partial charge is 0.474 e. The monoisotopic (exact) mass is 254 g/mol. The zero-order valence-electron chi connectivity index (χ0n) is 11.1. The number of rotatable bonds is 9. The smallest absolute Gasteiger partial charge is 0.242 e. The molecule has 102 valence electrons. The standard InChI is InChI=1S/C12H22N4O2/c1-3-4-5-6-14-11-10(13)12(16-9-15-11)18-8-7-17-2/h9H,3-8,13H2,1-2H3,(H,14,15,16). The number of aromatic nitrogens is 2. The van der Waals surface area contributed by atoms with Gasteiger partial charge in [0.2, 0.25) is 5.88 Å². The summed E-state index contributed by atoms with van der Waals surface area (Å²) < 4.78 is 10.3. The first-order valence-corrected chi connectivity index (χ1v) is 6.25. The lowest BCUT2D eigenvalue weighted by atomic mass is 10.2. The van der Waals surface area contributed by atoms with Gasteiger partial charge in [0.05, 0.1) is 6.61 Å². The summed E-state index contributed by atoms with van der Waals surface area (Å²) in [5.41, 5.74) is 6.38. The first kappa shape index (κ1) is 14.5. The SMILES string of the molecule is CCCCCNc1ncnc(OCCOC)c1N. The van der Waals surface area contributed by atoms with Gasteiger partial charge in [-0.1, -0.05) is 19.8 Å². The molecule has 6 nitrogen and oxygen atoms in total. The summed E-state index contributed by atoms with van der Waals surface area (Å²) in [5, 5.41) is 3.19. The highest BCUT2D eigenvalue weighted by Crippen LogP contribution is 2.24. The van der Waals surface area contributed by atoms with Crippen molar-refractivity contribution in [3.8, 4) is 5.88 Å². The Morgan fingerprint density at radius 1 is 1.28 bits per heavy atom. The van der Waals surface area contributed by atoms with Gasteiger partial charge in [-0.15, -0.1) is 0 Å². The Morgan fingerprint density at radius 3 is 2.83 bits per heavy atom. The highest BCUT2D eigenvalue weighted by Gasteiger charge is 2.08. The Kier molecular flexibility index (Phi) is 6.86. The van der Waals surface area contributed by atoms with Crippen LogP contribution in [0.1, 0.15) is 26.2 Å². The number of methoxy groups -OCH3 is 1. The molecular weight excluding hydrogens is 232 g/mol. The van der Waals surface area contributed by atoms with Crippen LogP contribution in [0.5, 0.6) is 5.88 Å². The molecule has 0 atom stereocenters. The van der Waals surface area contributed by atoms with Gasteiger partial charge in [-0.05, 0) is 6.42 Å². The number of hydrogen-bond donors (Lipinski definition) is 2. The van der Waals surface area contributed by atoms with E-state index < -0.39 is 0 Å². The van der Waals surface area contributed by atoms with E-state index in [2.05, 4.69) is 22.2 Å². The van der Waals surface area contributed by atoms with Gasteiger partial charge in [0.1, 0.15) is 18.6 Å². The van der Waals surface area contributed by atoms with Crippen molar-refractivity contribution >= 4 is 11.5 Å². The van der Waals surface area contributed by atoms with Crippen LogP contribution in [0, 0.1) is 0 Å². The number of unbranched alkanes of at least 4 members (excludes halogenated alkanes) is 2. The molecule has 0 unspecified atom stereocenters. The van der Waals surface area contributed by atoms with E-state index in [1.54, 1.807) is 7.11 Å². The normalized spacial score (nSPS) is 10.3. The Labute approximate surface area is 108 Å². The molecule has 1 aromatic heterocycles. The van der Waals surface area contributed by atoms with Gasteiger partial charge in [0.25, 0.3) is 0 Å². The van der Waals surface area contributed by atoms with Crippen LogP contribution in [0.3, 0.4) is 0 Å². The van der Waals surface area contributed by atoms with E-state index in [-0.39, 0.29) is 0 Å². The Bertz CT molecular complexity index is 347. The number of anilines is 2. The van der Waals surface area contributed by atoms with Gasteiger partial charge < -0.3 is 20.5 Å². The fourth-order valence-electron chi connectivity index (χ4n) is 1.44. The van der Waals surface area contributed by atoms with Gasteiger partial charge in [-0.2, -0.15) is 4.98 Å². The summed E-state index contributed by atoms with van der Waals surface area (Å²) in [5.74, 6) is 1.04. The van der Waals surface area contributed by atoms with Crippen LogP contribution in [0.15, 0.2) is 6.33 Å². The van der Waals surface area contributed by atoms with E-state index in [1.165, 1.54) is 19.2 Å². The van der Waals surface area contributed by atoms with E-state index in [0.29, 0.717) is 30.6 Å². The molecule has 0 aliphatic rings. The van der Waals surface area contributed by atoms with Crippen LogP contribution in [0.25, 0.3) is 0 Å². The van der Waals surface area contributed by atoms with E-state index >= 15 is 0 Å². The highest BCUT2D eigenvalue weighted by atomic mass is 16.5. The predicted molar refractivity (Wildman–Crippen MR) is 71.8 cm³/mol. The first-order valence-electron chi connectivity index (χ1n) is 6.25. The second-order valence-electron chi connectivity index (χ2n) is 3.92. The molecule has 6 heteroatoms. The molecule has 3 N–H and O–H groups in total. The number of ether oxygens (including phenoxy) is 2. The summed E-state index contributed by atoms with van der Waals surface area (Å²) >= 11 is 0. The van der Waals surface area contributed by atoms with Crippen LogP contribution in [-0.4, -0.2) is 36.8 Å². The van der Waals surface area contributed by atoms with Crippen LogP contribution in [0.2, 0.25) is 0 Å². The predicted octanol–water partition coefficient (Wildman–Crippen LogP) is 1.69. The molecular formula is C12H22N4O2. The quantitative estimate of drug-likeness (QED) is 0.652. The van der Waals surface area contributed by atoms with Gasteiger partial charge in [0.15, 0.2) is 5.82 Å². The van der Waals surface area contributed by atoms with Gasteiger partial charge in [0, 0.05) is 13.7 Å². The van der Waals surface area contributed by atoms with Crippen molar-refractivity contribution in [2.45, 2.75) is 26.2 Å². The topological polar surface area (TPSA) is 82.3 Å². The molecule has 0 saturated heterocycles. The molecule has 0 aromatic carbocycles. The molecule has 0 fully saturated rings. The zero-order chi connectivity index (χ0) is 13.2. The lowest BCUT2D eigenvalue weighted by Crippen LogP contribution is -2.11. The average Bonchev–Trinajstić information content (AvgIpc) is 2.38. The molecule has 0 saturated carbocycles. The summed E-state index contributed by atoms with van der Waals surface area (Å²) in [6.07, 6.45) is 4.92. The van der Waals surface area contributed by atoms with Gasteiger partial charge >= 0.3 is 0 Å². The number of nitrogens with one attached hydrogen (secondary N) is 1. The maximum absolute atomic E-state index is 5.93. The number of nitrogen functional groups attached to an aromatic ring is 1. The lowest BCUT2D eigenvalue weighted by molar-refractivity contribution is 0.144. The molecule has 1 rings (SSSR count). The Balaban J connectivity index is 2.49. The maximum atomic E-state index is 5.93. The molecule has 18 heavy (non-hydrogen) atoms. The molecule has 0 aliphatic heterocycles. The first-order chi connectivity index (χ1) is 8.79. The Morgan fingerprint density at radius 2 is 2.11 bits per heavy atom. The molecule has 1 heterocycles. The van der Waals surface area contributed by atoms with Crippen molar-refractivity contribution < 1.29 is 9.47 Å². The minimum Gasteiger partial charge on any atom is -0.474 e. The van der Waals surface area contributed by atoms with Crippen molar-refractivity contribution in [1.82, 2.24) is 9.97 Å². The van der Waals surface area contributed by atoms with Crippen LogP contribution in [0.4, 0.5) is 11.5 Å². The van der Waals surface area contributed by atoms with Crippen LogP contribution in [-0.2, 0) is 4.74 Å². The average molecular weight is 254 g/mol.